The highest BCUT2D eigenvalue weighted by Crippen LogP contribution is 2.18. The Kier molecular flexibility index (Phi) is 5.25. The Morgan fingerprint density at radius 3 is 2.79 bits per heavy atom. The van der Waals surface area contributed by atoms with Crippen LogP contribution in [0.3, 0.4) is 0 Å². The molecule has 0 saturated heterocycles. The van der Waals surface area contributed by atoms with Crippen LogP contribution in [0.1, 0.15) is 24.2 Å². The SMILES string of the molecule is C=CCN(CC)S(=O)(=O)c1[nH]ncc1C(=O)OCC. The number of rotatable bonds is 7. The van der Waals surface area contributed by atoms with Crippen LogP contribution in [0.2, 0.25) is 0 Å². The van der Waals surface area contributed by atoms with Gasteiger partial charge < -0.3 is 4.74 Å². The van der Waals surface area contributed by atoms with E-state index in [4.69, 9.17) is 4.74 Å². The van der Waals surface area contributed by atoms with E-state index >= 15 is 0 Å². The average molecular weight is 287 g/mol. The van der Waals surface area contributed by atoms with Gasteiger partial charge in [0.1, 0.15) is 5.56 Å². The van der Waals surface area contributed by atoms with E-state index in [-0.39, 0.29) is 30.3 Å². The molecule has 0 amide bonds. The van der Waals surface area contributed by atoms with E-state index in [0.29, 0.717) is 0 Å². The van der Waals surface area contributed by atoms with E-state index in [0.717, 1.165) is 6.20 Å². The molecule has 0 aliphatic carbocycles. The Morgan fingerprint density at radius 1 is 1.58 bits per heavy atom. The van der Waals surface area contributed by atoms with Crippen molar-refractivity contribution in [3.8, 4) is 0 Å². The van der Waals surface area contributed by atoms with Crippen molar-refractivity contribution in [1.29, 1.82) is 0 Å². The molecular formula is C11H17N3O4S. The van der Waals surface area contributed by atoms with Gasteiger partial charge in [-0.3, -0.25) is 5.10 Å². The number of sulfonamides is 1. The third kappa shape index (κ3) is 3.21. The zero-order chi connectivity index (χ0) is 14.5. The fourth-order valence-corrected chi connectivity index (χ4v) is 2.98. The lowest BCUT2D eigenvalue weighted by Gasteiger charge is -2.17. The van der Waals surface area contributed by atoms with Crippen LogP contribution in [0.5, 0.6) is 0 Å². The normalized spacial score (nSPS) is 11.5. The van der Waals surface area contributed by atoms with Crippen molar-refractivity contribution in [2.24, 2.45) is 0 Å². The molecule has 0 aliphatic rings. The third-order valence-corrected chi connectivity index (χ3v) is 4.30. The van der Waals surface area contributed by atoms with Crippen LogP contribution >= 0.6 is 0 Å². The number of hydrogen-bond acceptors (Lipinski definition) is 5. The van der Waals surface area contributed by atoms with Gasteiger partial charge in [-0.15, -0.1) is 6.58 Å². The van der Waals surface area contributed by atoms with Crippen molar-refractivity contribution < 1.29 is 17.9 Å². The van der Waals surface area contributed by atoms with Gasteiger partial charge in [0.2, 0.25) is 0 Å². The number of carbonyl (C=O) groups excluding carboxylic acids is 1. The number of ether oxygens (including phenoxy) is 1. The predicted octanol–water partition coefficient (Wildman–Crippen LogP) is 0.783. The summed E-state index contributed by atoms with van der Waals surface area (Å²) in [5, 5.41) is 5.70. The summed E-state index contributed by atoms with van der Waals surface area (Å²) in [6, 6.07) is 0. The monoisotopic (exact) mass is 287 g/mol. The summed E-state index contributed by atoms with van der Waals surface area (Å²) in [5.41, 5.74) is -0.0932. The number of likely N-dealkylation sites (N-methyl/N-ethyl adjacent to an activating group) is 1. The first-order valence-corrected chi connectivity index (χ1v) is 7.24. The molecular weight excluding hydrogens is 270 g/mol. The van der Waals surface area contributed by atoms with Crippen molar-refractivity contribution in [3.05, 3.63) is 24.4 Å². The molecule has 1 aromatic rings. The van der Waals surface area contributed by atoms with Gasteiger partial charge in [0, 0.05) is 13.1 Å². The van der Waals surface area contributed by atoms with Crippen LogP contribution in [0.4, 0.5) is 0 Å². The average Bonchev–Trinajstić information content (AvgIpc) is 2.85. The van der Waals surface area contributed by atoms with Gasteiger partial charge in [-0.25, -0.2) is 13.2 Å². The van der Waals surface area contributed by atoms with Crippen molar-refractivity contribution >= 4 is 16.0 Å². The van der Waals surface area contributed by atoms with Crippen LogP contribution in [-0.2, 0) is 14.8 Å². The van der Waals surface area contributed by atoms with E-state index in [1.165, 1.54) is 10.4 Å². The maximum Gasteiger partial charge on any atom is 0.342 e. The molecule has 0 unspecified atom stereocenters. The molecule has 19 heavy (non-hydrogen) atoms. The van der Waals surface area contributed by atoms with E-state index < -0.39 is 16.0 Å². The molecule has 0 fully saturated rings. The molecule has 7 nitrogen and oxygen atoms in total. The van der Waals surface area contributed by atoms with Crippen molar-refractivity contribution in [2.45, 2.75) is 18.9 Å². The first-order chi connectivity index (χ1) is 8.98. The second-order valence-electron chi connectivity index (χ2n) is 3.58. The number of esters is 1. The molecule has 106 valence electrons. The minimum Gasteiger partial charge on any atom is -0.462 e. The summed E-state index contributed by atoms with van der Waals surface area (Å²) in [7, 11) is -3.82. The number of nitrogens with zero attached hydrogens (tertiary/aromatic N) is 2. The van der Waals surface area contributed by atoms with E-state index in [9.17, 15) is 13.2 Å². The highest BCUT2D eigenvalue weighted by atomic mass is 32.2. The number of nitrogens with one attached hydrogen (secondary N) is 1. The van der Waals surface area contributed by atoms with E-state index in [1.54, 1.807) is 13.8 Å². The lowest BCUT2D eigenvalue weighted by Crippen LogP contribution is -2.32. The topological polar surface area (TPSA) is 92.4 Å². The second-order valence-corrected chi connectivity index (χ2v) is 5.45. The minimum atomic E-state index is -3.82. The number of aromatic amines is 1. The molecule has 8 heteroatoms. The standard InChI is InChI=1S/C11H17N3O4S/c1-4-7-14(5-2)19(16,17)10-9(8-12-13-10)11(15)18-6-3/h4,8H,1,5-7H2,2-3H3,(H,12,13). The van der Waals surface area contributed by atoms with E-state index in [1.807, 2.05) is 0 Å². The highest BCUT2D eigenvalue weighted by Gasteiger charge is 2.30. The minimum absolute atomic E-state index is 0.0932. The lowest BCUT2D eigenvalue weighted by atomic mass is 10.4. The van der Waals surface area contributed by atoms with Gasteiger partial charge in [0.25, 0.3) is 10.0 Å². The Morgan fingerprint density at radius 2 is 2.26 bits per heavy atom. The number of carbonyl (C=O) groups is 1. The lowest BCUT2D eigenvalue weighted by molar-refractivity contribution is 0.0521. The van der Waals surface area contributed by atoms with Gasteiger partial charge in [-0.2, -0.15) is 9.40 Å². The van der Waals surface area contributed by atoms with Crippen molar-refractivity contribution in [3.63, 3.8) is 0 Å². The highest BCUT2D eigenvalue weighted by molar-refractivity contribution is 7.89. The zero-order valence-electron chi connectivity index (χ0n) is 10.9. The van der Waals surface area contributed by atoms with E-state index in [2.05, 4.69) is 16.8 Å². The number of aromatic nitrogens is 2. The summed E-state index contributed by atoms with van der Waals surface area (Å²) < 4.78 is 30.7. The second kappa shape index (κ2) is 6.48. The molecule has 0 atom stereocenters. The summed E-state index contributed by atoms with van der Waals surface area (Å²) in [6.45, 7) is 7.42. The predicted molar refractivity (Wildman–Crippen MR) is 69.2 cm³/mol. The van der Waals surface area contributed by atoms with Gasteiger partial charge in [0.05, 0.1) is 12.8 Å². The van der Waals surface area contributed by atoms with Crippen LogP contribution in [0, 0.1) is 0 Å². The maximum absolute atomic E-state index is 12.3. The molecule has 0 saturated carbocycles. The Labute approximate surface area is 112 Å². The smallest absolute Gasteiger partial charge is 0.342 e. The quantitative estimate of drug-likeness (QED) is 0.591. The Balaban J connectivity index is 3.18. The summed E-state index contributed by atoms with van der Waals surface area (Å²) in [6.07, 6.45) is 2.62. The fraction of sp³-hybridized carbons (Fsp3) is 0.455. The van der Waals surface area contributed by atoms with Gasteiger partial charge in [-0.1, -0.05) is 13.0 Å². The van der Waals surface area contributed by atoms with Crippen molar-refractivity contribution in [2.75, 3.05) is 19.7 Å². The van der Waals surface area contributed by atoms with Gasteiger partial charge in [0.15, 0.2) is 5.03 Å². The number of H-pyrrole nitrogens is 1. The molecule has 0 bridgehead atoms. The van der Waals surface area contributed by atoms with Crippen LogP contribution in [0.15, 0.2) is 23.9 Å². The first-order valence-electron chi connectivity index (χ1n) is 5.80. The Bertz CT molecular complexity index is 550. The van der Waals surface area contributed by atoms with Crippen LogP contribution in [0.25, 0.3) is 0 Å². The number of hydrogen-bond donors (Lipinski definition) is 1. The molecule has 1 rings (SSSR count). The largest absolute Gasteiger partial charge is 0.462 e. The summed E-state index contributed by atoms with van der Waals surface area (Å²) in [5.74, 6) is -0.718. The van der Waals surface area contributed by atoms with Gasteiger partial charge >= 0.3 is 5.97 Å². The first kappa shape index (κ1) is 15.4. The molecule has 0 aromatic carbocycles. The van der Waals surface area contributed by atoms with Crippen molar-refractivity contribution in [1.82, 2.24) is 14.5 Å². The summed E-state index contributed by atoms with van der Waals surface area (Å²) in [4.78, 5) is 11.7. The molecule has 0 aliphatic heterocycles. The van der Waals surface area contributed by atoms with Crippen LogP contribution in [-0.4, -0.2) is 48.6 Å². The molecule has 0 radical (unpaired) electrons. The fourth-order valence-electron chi connectivity index (χ4n) is 1.50. The van der Waals surface area contributed by atoms with Gasteiger partial charge in [-0.05, 0) is 6.92 Å². The molecule has 0 spiro atoms. The maximum atomic E-state index is 12.3. The molecule has 1 heterocycles. The van der Waals surface area contributed by atoms with Crippen LogP contribution < -0.4 is 0 Å². The summed E-state index contributed by atoms with van der Waals surface area (Å²) >= 11 is 0. The Hall–Kier alpha value is -1.67. The molecule has 1 N–H and O–H groups in total. The molecule has 1 aromatic heterocycles. The third-order valence-electron chi connectivity index (χ3n) is 2.38. The zero-order valence-corrected chi connectivity index (χ0v) is 11.7.